The number of carbonyl (C=O) groups is 1. The Kier molecular flexibility index (Phi) is 7.32. The lowest BCUT2D eigenvalue weighted by atomic mass is 9.84. The molecule has 182 valence electrons. The smallest absolute Gasteiger partial charge is 0.288 e. The Labute approximate surface area is 213 Å². The lowest BCUT2D eigenvalue weighted by molar-refractivity contribution is -0.132. The fraction of sp³-hybridized carbons (Fsp3) is 0.440. The van der Waals surface area contributed by atoms with Gasteiger partial charge in [0.05, 0.1) is 17.6 Å². The fourth-order valence-electron chi connectivity index (χ4n) is 4.77. The molecular formula is C25H30FIN4O3. The zero-order chi connectivity index (χ0) is 24.5. The third-order valence-corrected chi connectivity index (χ3v) is 6.72. The first-order chi connectivity index (χ1) is 16.2. The van der Waals surface area contributed by atoms with E-state index in [1.807, 2.05) is 51.1 Å². The number of halogens is 2. The number of hydrogen-bond acceptors (Lipinski definition) is 6. The van der Waals surface area contributed by atoms with Crippen LogP contribution in [0.4, 0.5) is 15.8 Å². The zero-order valence-corrected chi connectivity index (χ0v) is 21.8. The van der Waals surface area contributed by atoms with E-state index >= 15 is 0 Å². The quantitative estimate of drug-likeness (QED) is 0.369. The van der Waals surface area contributed by atoms with Crippen molar-refractivity contribution in [3.05, 3.63) is 53.1 Å². The van der Waals surface area contributed by atoms with Crippen molar-refractivity contribution in [1.82, 2.24) is 4.90 Å². The molecule has 2 aromatic carbocycles. The Morgan fingerprint density at radius 1 is 1.26 bits per heavy atom. The van der Waals surface area contributed by atoms with Gasteiger partial charge in [-0.05, 0) is 68.5 Å². The molecule has 0 aliphatic carbocycles. The van der Waals surface area contributed by atoms with Crippen molar-refractivity contribution in [1.29, 1.82) is 0 Å². The molecule has 0 aromatic heterocycles. The lowest BCUT2D eigenvalue weighted by Gasteiger charge is -2.41. The number of aliphatic imine (C=N–C) groups is 1. The summed E-state index contributed by atoms with van der Waals surface area (Å²) in [5, 5.41) is 3.37. The van der Waals surface area contributed by atoms with Crippen molar-refractivity contribution in [2.24, 2.45) is 10.7 Å². The SMILES string of the molecule is Cc1ccc(Nc2cccc([C@]3(C)CC(=O)N(C4CCOCC4)C(N)=N3)c2C)c(OC(F)I)c1. The monoisotopic (exact) mass is 580 g/mol. The van der Waals surface area contributed by atoms with Gasteiger partial charge in [0, 0.05) is 47.5 Å². The first kappa shape index (κ1) is 24.7. The molecule has 2 aromatic rings. The van der Waals surface area contributed by atoms with Gasteiger partial charge in [0.25, 0.3) is 4.36 Å². The highest BCUT2D eigenvalue weighted by Gasteiger charge is 2.41. The van der Waals surface area contributed by atoms with E-state index in [9.17, 15) is 9.18 Å². The highest BCUT2D eigenvalue weighted by Crippen LogP contribution is 2.40. The predicted molar refractivity (Wildman–Crippen MR) is 139 cm³/mol. The Bertz CT molecular complexity index is 1100. The molecule has 0 bridgehead atoms. The largest absolute Gasteiger partial charge is 0.449 e. The molecule has 1 amide bonds. The molecule has 0 saturated carbocycles. The molecule has 0 spiro atoms. The molecule has 2 aliphatic heterocycles. The van der Waals surface area contributed by atoms with Crippen LogP contribution in [-0.4, -0.2) is 40.4 Å². The number of anilines is 2. The van der Waals surface area contributed by atoms with Gasteiger partial charge >= 0.3 is 0 Å². The molecule has 1 unspecified atom stereocenters. The van der Waals surface area contributed by atoms with E-state index in [0.29, 0.717) is 24.7 Å². The Morgan fingerprint density at radius 3 is 2.68 bits per heavy atom. The number of ether oxygens (including phenoxy) is 2. The normalized spacial score (nSPS) is 22.3. The van der Waals surface area contributed by atoms with Gasteiger partial charge in [-0.1, -0.05) is 18.2 Å². The van der Waals surface area contributed by atoms with Crippen LogP contribution in [0.5, 0.6) is 5.75 Å². The average molecular weight is 580 g/mol. The van der Waals surface area contributed by atoms with Crippen molar-refractivity contribution in [3.8, 4) is 5.75 Å². The van der Waals surface area contributed by atoms with Crippen LogP contribution in [0.25, 0.3) is 0 Å². The predicted octanol–water partition coefficient (Wildman–Crippen LogP) is 5.06. The maximum atomic E-state index is 13.6. The number of aryl methyl sites for hydroxylation is 1. The second-order valence-electron chi connectivity index (χ2n) is 9.01. The molecule has 34 heavy (non-hydrogen) atoms. The van der Waals surface area contributed by atoms with Gasteiger partial charge in [-0.25, -0.2) is 4.99 Å². The lowest BCUT2D eigenvalue weighted by Crippen LogP contribution is -2.55. The van der Waals surface area contributed by atoms with E-state index < -0.39 is 9.90 Å². The minimum atomic E-state index is -1.46. The van der Waals surface area contributed by atoms with Crippen LogP contribution in [0.15, 0.2) is 41.4 Å². The number of nitrogens with one attached hydrogen (secondary N) is 1. The molecule has 9 heteroatoms. The number of amides is 1. The summed E-state index contributed by atoms with van der Waals surface area (Å²) in [6.07, 6.45) is 1.75. The third kappa shape index (κ3) is 5.14. The van der Waals surface area contributed by atoms with Gasteiger partial charge < -0.3 is 20.5 Å². The Hall–Kier alpha value is -2.40. The average Bonchev–Trinajstić information content (AvgIpc) is 2.76. The summed E-state index contributed by atoms with van der Waals surface area (Å²) in [5.74, 6) is 0.665. The minimum Gasteiger partial charge on any atom is -0.449 e. The number of nitrogens with zero attached hydrogens (tertiary/aromatic N) is 2. The second kappa shape index (κ2) is 10.1. The molecule has 1 fully saturated rings. The van der Waals surface area contributed by atoms with Crippen LogP contribution in [-0.2, 0) is 15.1 Å². The van der Waals surface area contributed by atoms with Gasteiger partial charge in [0.15, 0.2) is 5.96 Å². The van der Waals surface area contributed by atoms with Crippen LogP contribution in [0.3, 0.4) is 0 Å². The van der Waals surface area contributed by atoms with Gasteiger partial charge in [-0.3, -0.25) is 9.69 Å². The Balaban J connectivity index is 1.65. The van der Waals surface area contributed by atoms with Crippen molar-refractivity contribution in [3.63, 3.8) is 0 Å². The van der Waals surface area contributed by atoms with Gasteiger partial charge in [-0.2, -0.15) is 4.39 Å². The first-order valence-electron chi connectivity index (χ1n) is 11.4. The molecule has 1 saturated heterocycles. The number of rotatable bonds is 6. The maximum absolute atomic E-state index is 13.6. The van der Waals surface area contributed by atoms with Crippen molar-refractivity contribution in [2.45, 2.75) is 56.0 Å². The molecule has 4 rings (SSSR count). The molecule has 7 nitrogen and oxygen atoms in total. The molecular weight excluding hydrogens is 550 g/mol. The highest BCUT2D eigenvalue weighted by atomic mass is 127. The van der Waals surface area contributed by atoms with E-state index in [4.69, 9.17) is 20.2 Å². The minimum absolute atomic E-state index is 0.0232. The first-order valence-corrected chi connectivity index (χ1v) is 12.6. The zero-order valence-electron chi connectivity index (χ0n) is 19.6. The number of carbonyl (C=O) groups excluding carboxylic acids is 1. The van der Waals surface area contributed by atoms with Crippen molar-refractivity contribution < 1.29 is 18.7 Å². The van der Waals surface area contributed by atoms with Gasteiger partial charge in [0.2, 0.25) is 5.91 Å². The van der Waals surface area contributed by atoms with Gasteiger partial charge in [-0.15, -0.1) is 0 Å². The molecule has 2 aliphatic rings. The summed E-state index contributed by atoms with van der Waals surface area (Å²) in [4.78, 5) is 19.7. The number of nitrogens with two attached hydrogens (primary N) is 1. The van der Waals surface area contributed by atoms with Crippen LogP contribution in [0, 0.1) is 13.8 Å². The van der Waals surface area contributed by atoms with E-state index in [-0.39, 0.29) is 24.3 Å². The fourth-order valence-corrected chi connectivity index (χ4v) is 5.04. The van der Waals surface area contributed by atoms with E-state index in [2.05, 4.69) is 5.32 Å². The summed E-state index contributed by atoms with van der Waals surface area (Å²) < 4.78 is 22.9. The summed E-state index contributed by atoms with van der Waals surface area (Å²) in [6.45, 7) is 7.09. The van der Waals surface area contributed by atoms with E-state index in [0.717, 1.165) is 35.2 Å². The standard InChI is InChI=1S/C25H30FIN4O3/c1-15-7-8-20(21(13-15)34-23(26)27)29-19-6-4-5-18(16(19)2)25(3)14-22(32)31(24(28)30-25)17-9-11-33-12-10-17/h4-8,13,17,23,29H,9-12,14H2,1-3H3,(H2,28,30)/t23?,25-/m0/s1. The number of benzene rings is 2. The summed E-state index contributed by atoms with van der Waals surface area (Å²) >= 11 is 1.58. The molecule has 2 atom stereocenters. The summed E-state index contributed by atoms with van der Waals surface area (Å²) in [6, 6.07) is 11.5. The van der Waals surface area contributed by atoms with Gasteiger partial charge in [0.1, 0.15) is 5.75 Å². The van der Waals surface area contributed by atoms with E-state index in [1.54, 1.807) is 33.6 Å². The second-order valence-corrected chi connectivity index (χ2v) is 9.99. The molecule has 0 radical (unpaired) electrons. The number of guanidine groups is 1. The van der Waals surface area contributed by atoms with E-state index in [1.165, 1.54) is 0 Å². The van der Waals surface area contributed by atoms with Crippen LogP contribution < -0.4 is 15.8 Å². The van der Waals surface area contributed by atoms with Crippen LogP contribution in [0.1, 0.15) is 42.9 Å². The maximum Gasteiger partial charge on any atom is 0.288 e. The molecule has 2 heterocycles. The van der Waals surface area contributed by atoms with Crippen LogP contribution >= 0.6 is 22.6 Å². The Morgan fingerprint density at radius 2 is 2.00 bits per heavy atom. The summed E-state index contributed by atoms with van der Waals surface area (Å²) in [5.41, 5.74) is 9.86. The topological polar surface area (TPSA) is 89.2 Å². The highest BCUT2D eigenvalue weighted by molar-refractivity contribution is 14.1. The van der Waals surface area contributed by atoms with Crippen molar-refractivity contribution in [2.75, 3.05) is 18.5 Å². The number of hydrogen-bond donors (Lipinski definition) is 2. The third-order valence-electron chi connectivity index (χ3n) is 6.46. The molecule has 3 N–H and O–H groups in total. The summed E-state index contributed by atoms with van der Waals surface area (Å²) in [7, 11) is 0. The van der Waals surface area contributed by atoms with Crippen molar-refractivity contribution >= 4 is 45.8 Å². The van der Waals surface area contributed by atoms with Crippen LogP contribution in [0.2, 0.25) is 0 Å². The number of alkyl halides is 2.